The molecular formula is C7H13N3O. The lowest BCUT2D eigenvalue weighted by molar-refractivity contribution is 0.263. The molecule has 4 nitrogen and oxygen atoms in total. The number of nitrogens with zero attached hydrogens (tertiary/aromatic N) is 2. The van der Waals surface area contributed by atoms with Crippen LogP contribution in [0.15, 0.2) is 12.5 Å². The molecule has 1 aromatic heterocycles. The third-order valence-electron chi connectivity index (χ3n) is 1.66. The summed E-state index contributed by atoms with van der Waals surface area (Å²) >= 11 is 0. The van der Waals surface area contributed by atoms with Crippen molar-refractivity contribution in [3.63, 3.8) is 0 Å². The molecule has 0 aliphatic carbocycles. The molecule has 0 aliphatic heterocycles. The van der Waals surface area contributed by atoms with Crippen LogP contribution in [0.1, 0.15) is 18.7 Å². The largest absolute Gasteiger partial charge is 0.394 e. The Morgan fingerprint density at radius 1 is 1.82 bits per heavy atom. The molecule has 0 aliphatic rings. The van der Waals surface area contributed by atoms with E-state index in [9.17, 15) is 0 Å². The summed E-state index contributed by atoms with van der Waals surface area (Å²) in [5.74, 6) is 0. The third kappa shape index (κ3) is 1.58. The van der Waals surface area contributed by atoms with Crippen molar-refractivity contribution in [1.29, 1.82) is 0 Å². The van der Waals surface area contributed by atoms with Gasteiger partial charge in [0, 0.05) is 12.7 Å². The summed E-state index contributed by atoms with van der Waals surface area (Å²) in [5.41, 5.74) is 6.49. The van der Waals surface area contributed by atoms with Gasteiger partial charge in [0.25, 0.3) is 0 Å². The van der Waals surface area contributed by atoms with E-state index in [2.05, 4.69) is 4.98 Å². The Labute approximate surface area is 65.7 Å². The minimum Gasteiger partial charge on any atom is -0.394 e. The first-order valence-corrected chi connectivity index (χ1v) is 3.66. The number of hydrogen-bond donors (Lipinski definition) is 2. The quantitative estimate of drug-likeness (QED) is 0.640. The normalized spacial score (nSPS) is 13.4. The van der Waals surface area contributed by atoms with Crippen LogP contribution in [0.5, 0.6) is 0 Å². The maximum atomic E-state index is 8.76. The molecule has 1 rings (SSSR count). The highest BCUT2D eigenvalue weighted by Gasteiger charge is 2.08. The highest BCUT2D eigenvalue weighted by atomic mass is 16.3. The smallest absolute Gasteiger partial charge is 0.0948 e. The summed E-state index contributed by atoms with van der Waals surface area (Å²) < 4.78 is 1.92. The van der Waals surface area contributed by atoms with E-state index in [0.29, 0.717) is 0 Å². The van der Waals surface area contributed by atoms with E-state index in [1.807, 2.05) is 11.5 Å². The van der Waals surface area contributed by atoms with Crippen LogP contribution in [-0.2, 0) is 6.54 Å². The highest BCUT2D eigenvalue weighted by molar-refractivity contribution is 5.04. The SMILES string of the molecule is CCn1cncc1C(N)CO. The van der Waals surface area contributed by atoms with Gasteiger partial charge in [-0.1, -0.05) is 0 Å². The van der Waals surface area contributed by atoms with Gasteiger partial charge in [-0.05, 0) is 6.92 Å². The van der Waals surface area contributed by atoms with Crippen LogP contribution >= 0.6 is 0 Å². The zero-order chi connectivity index (χ0) is 8.27. The Morgan fingerprint density at radius 2 is 2.55 bits per heavy atom. The van der Waals surface area contributed by atoms with E-state index >= 15 is 0 Å². The Hall–Kier alpha value is -0.870. The first kappa shape index (κ1) is 8.23. The van der Waals surface area contributed by atoms with E-state index in [1.165, 1.54) is 0 Å². The second kappa shape index (κ2) is 3.50. The summed E-state index contributed by atoms with van der Waals surface area (Å²) in [6, 6.07) is -0.308. The van der Waals surface area contributed by atoms with E-state index < -0.39 is 0 Å². The lowest BCUT2D eigenvalue weighted by Crippen LogP contribution is -2.18. The number of aliphatic hydroxyl groups is 1. The fraction of sp³-hybridized carbons (Fsp3) is 0.571. The molecule has 1 atom stereocenters. The van der Waals surface area contributed by atoms with Gasteiger partial charge in [-0.25, -0.2) is 4.98 Å². The van der Waals surface area contributed by atoms with Crippen LogP contribution in [0.25, 0.3) is 0 Å². The van der Waals surface area contributed by atoms with Crippen LogP contribution in [0.3, 0.4) is 0 Å². The Kier molecular flexibility index (Phi) is 2.62. The molecule has 1 heterocycles. The van der Waals surface area contributed by atoms with Crippen LogP contribution < -0.4 is 5.73 Å². The summed E-state index contributed by atoms with van der Waals surface area (Å²) in [6.45, 7) is 2.81. The second-order valence-corrected chi connectivity index (χ2v) is 2.39. The second-order valence-electron chi connectivity index (χ2n) is 2.39. The predicted octanol–water partition coefficient (Wildman–Crippen LogP) is -0.105. The molecule has 1 aromatic rings. The van der Waals surface area contributed by atoms with E-state index in [4.69, 9.17) is 10.8 Å². The first-order valence-electron chi connectivity index (χ1n) is 3.66. The van der Waals surface area contributed by atoms with E-state index in [0.717, 1.165) is 12.2 Å². The molecule has 4 heteroatoms. The van der Waals surface area contributed by atoms with Gasteiger partial charge in [0.1, 0.15) is 0 Å². The summed E-state index contributed by atoms with van der Waals surface area (Å²) in [6.07, 6.45) is 3.40. The van der Waals surface area contributed by atoms with Crippen LogP contribution in [0.4, 0.5) is 0 Å². The number of aliphatic hydroxyl groups excluding tert-OH is 1. The van der Waals surface area contributed by atoms with Crippen molar-refractivity contribution >= 4 is 0 Å². The van der Waals surface area contributed by atoms with Crippen molar-refractivity contribution in [2.24, 2.45) is 5.73 Å². The zero-order valence-electron chi connectivity index (χ0n) is 6.57. The molecule has 3 N–H and O–H groups in total. The minimum absolute atomic E-state index is 0.0360. The molecule has 0 spiro atoms. The summed E-state index contributed by atoms with van der Waals surface area (Å²) in [7, 11) is 0. The first-order chi connectivity index (χ1) is 5.29. The molecule has 0 radical (unpaired) electrons. The lowest BCUT2D eigenvalue weighted by Gasteiger charge is -2.09. The molecule has 0 fully saturated rings. The fourth-order valence-corrected chi connectivity index (χ4v) is 0.997. The molecule has 11 heavy (non-hydrogen) atoms. The van der Waals surface area contributed by atoms with Gasteiger partial charge in [-0.3, -0.25) is 0 Å². The van der Waals surface area contributed by atoms with Crippen molar-refractivity contribution in [2.75, 3.05) is 6.61 Å². The van der Waals surface area contributed by atoms with Crippen LogP contribution in [0, 0.1) is 0 Å². The van der Waals surface area contributed by atoms with Crippen molar-refractivity contribution in [1.82, 2.24) is 9.55 Å². The minimum atomic E-state index is -0.308. The number of rotatable bonds is 3. The molecule has 0 aromatic carbocycles. The maximum Gasteiger partial charge on any atom is 0.0948 e. The van der Waals surface area contributed by atoms with Gasteiger partial charge in [0.05, 0.1) is 24.7 Å². The van der Waals surface area contributed by atoms with Gasteiger partial charge in [-0.2, -0.15) is 0 Å². The van der Waals surface area contributed by atoms with Gasteiger partial charge in [-0.15, -0.1) is 0 Å². The Bertz CT molecular complexity index is 221. The maximum absolute atomic E-state index is 8.76. The summed E-state index contributed by atoms with van der Waals surface area (Å²) in [4.78, 5) is 3.93. The van der Waals surface area contributed by atoms with E-state index in [1.54, 1.807) is 12.5 Å². The standard InChI is InChI=1S/C7H13N3O/c1-2-10-5-9-3-7(10)6(8)4-11/h3,5-6,11H,2,4,8H2,1H3. The van der Waals surface area contributed by atoms with Crippen molar-refractivity contribution in [3.8, 4) is 0 Å². The fourth-order valence-electron chi connectivity index (χ4n) is 0.997. The highest BCUT2D eigenvalue weighted by Crippen LogP contribution is 2.07. The summed E-state index contributed by atoms with van der Waals surface area (Å²) in [5, 5.41) is 8.76. The molecule has 0 saturated carbocycles. The van der Waals surface area contributed by atoms with Crippen molar-refractivity contribution in [2.45, 2.75) is 19.5 Å². The molecule has 1 unspecified atom stereocenters. The van der Waals surface area contributed by atoms with Crippen molar-refractivity contribution in [3.05, 3.63) is 18.2 Å². The van der Waals surface area contributed by atoms with Gasteiger partial charge >= 0.3 is 0 Å². The number of hydrogen-bond acceptors (Lipinski definition) is 3. The monoisotopic (exact) mass is 155 g/mol. The Balaban J connectivity index is 2.83. The number of nitrogens with two attached hydrogens (primary N) is 1. The third-order valence-corrected chi connectivity index (χ3v) is 1.66. The van der Waals surface area contributed by atoms with Crippen LogP contribution in [-0.4, -0.2) is 21.3 Å². The number of imidazole rings is 1. The average Bonchev–Trinajstić information content (AvgIpc) is 2.50. The number of aryl methyl sites for hydroxylation is 1. The predicted molar refractivity (Wildman–Crippen MR) is 41.9 cm³/mol. The zero-order valence-corrected chi connectivity index (χ0v) is 6.57. The van der Waals surface area contributed by atoms with Crippen LogP contribution in [0.2, 0.25) is 0 Å². The molecular weight excluding hydrogens is 142 g/mol. The average molecular weight is 155 g/mol. The number of aromatic nitrogens is 2. The molecule has 0 amide bonds. The van der Waals surface area contributed by atoms with E-state index in [-0.39, 0.29) is 12.6 Å². The molecule has 0 saturated heterocycles. The molecule has 62 valence electrons. The lowest BCUT2D eigenvalue weighted by atomic mass is 10.2. The topological polar surface area (TPSA) is 64.1 Å². The molecule has 0 bridgehead atoms. The van der Waals surface area contributed by atoms with Crippen molar-refractivity contribution < 1.29 is 5.11 Å². The van der Waals surface area contributed by atoms with Gasteiger partial charge < -0.3 is 15.4 Å². The Morgan fingerprint density at radius 3 is 3.09 bits per heavy atom. The van der Waals surface area contributed by atoms with Gasteiger partial charge in [0.15, 0.2) is 0 Å². The van der Waals surface area contributed by atoms with Gasteiger partial charge in [0.2, 0.25) is 0 Å².